The van der Waals surface area contributed by atoms with Gasteiger partial charge in [0.1, 0.15) is 11.4 Å². The summed E-state index contributed by atoms with van der Waals surface area (Å²) in [5.74, 6) is -0.288. The molecule has 0 saturated carbocycles. The van der Waals surface area contributed by atoms with Crippen molar-refractivity contribution in [2.75, 3.05) is 5.32 Å². The van der Waals surface area contributed by atoms with Gasteiger partial charge < -0.3 is 5.32 Å². The first-order valence-electron chi connectivity index (χ1n) is 10.3. The van der Waals surface area contributed by atoms with Crippen molar-refractivity contribution >= 4 is 40.5 Å². The van der Waals surface area contributed by atoms with Crippen molar-refractivity contribution in [1.82, 2.24) is 19.6 Å². The van der Waals surface area contributed by atoms with Gasteiger partial charge in [0.05, 0.1) is 29.9 Å². The summed E-state index contributed by atoms with van der Waals surface area (Å²) in [5, 5.41) is 23.6. The lowest BCUT2D eigenvalue weighted by molar-refractivity contribution is -0.386. The number of carbonyl (C=O) groups is 1. The number of aryl methyl sites for hydroxylation is 1. The molecule has 2 heterocycles. The molecule has 1 N–H and O–H groups in total. The molecule has 2 aromatic heterocycles. The van der Waals surface area contributed by atoms with E-state index in [1.54, 1.807) is 78.1 Å². The number of hydrogen-bond donors (Lipinski definition) is 1. The molecular formula is C23H20Cl2N6O3. The van der Waals surface area contributed by atoms with Crippen LogP contribution in [0.2, 0.25) is 10.0 Å². The van der Waals surface area contributed by atoms with Gasteiger partial charge in [-0.15, -0.1) is 0 Å². The van der Waals surface area contributed by atoms with Crippen molar-refractivity contribution in [2.45, 2.75) is 26.9 Å². The molecule has 2 aromatic carbocycles. The summed E-state index contributed by atoms with van der Waals surface area (Å²) in [6.45, 7) is 4.01. The lowest BCUT2D eigenvalue weighted by Gasteiger charge is -2.07. The van der Waals surface area contributed by atoms with Gasteiger partial charge >= 0.3 is 5.69 Å². The Morgan fingerprint density at radius 1 is 1.09 bits per heavy atom. The minimum atomic E-state index is -0.424. The predicted octanol–water partition coefficient (Wildman–Crippen LogP) is 5.26. The number of hydrogen-bond acceptors (Lipinski definition) is 5. The number of amides is 1. The number of rotatable bonds is 7. The fourth-order valence-electron chi connectivity index (χ4n) is 3.60. The molecule has 1 amide bonds. The number of nitro groups is 1. The predicted molar refractivity (Wildman–Crippen MR) is 130 cm³/mol. The van der Waals surface area contributed by atoms with Gasteiger partial charge in [-0.3, -0.25) is 24.3 Å². The Kier molecular flexibility index (Phi) is 6.67. The zero-order valence-electron chi connectivity index (χ0n) is 18.3. The quantitative estimate of drug-likeness (QED) is 0.276. The van der Waals surface area contributed by atoms with Gasteiger partial charge in [0.2, 0.25) is 0 Å². The van der Waals surface area contributed by atoms with Gasteiger partial charge in [0, 0.05) is 27.4 Å². The number of nitrogens with one attached hydrogen (secondary N) is 1. The highest BCUT2D eigenvalue weighted by Gasteiger charge is 2.21. The Morgan fingerprint density at radius 3 is 2.38 bits per heavy atom. The van der Waals surface area contributed by atoms with E-state index in [0.717, 1.165) is 11.1 Å². The van der Waals surface area contributed by atoms with Crippen molar-refractivity contribution in [1.29, 1.82) is 0 Å². The molecule has 0 atom stereocenters. The topological polar surface area (TPSA) is 108 Å². The highest BCUT2D eigenvalue weighted by Crippen LogP contribution is 2.25. The lowest BCUT2D eigenvalue weighted by atomic mass is 10.1. The van der Waals surface area contributed by atoms with Crippen LogP contribution in [0.25, 0.3) is 0 Å². The van der Waals surface area contributed by atoms with E-state index in [-0.39, 0.29) is 11.6 Å². The SMILES string of the molecule is Cc1nn(Cc2ccc(C(=O)Nc3cnn(Cc4c(Cl)cccc4Cl)c3)cc2)c(C)c1[N+](=O)[O-]. The van der Waals surface area contributed by atoms with Gasteiger partial charge in [-0.1, -0.05) is 41.4 Å². The largest absolute Gasteiger partial charge is 0.319 e. The average molecular weight is 499 g/mol. The summed E-state index contributed by atoms with van der Waals surface area (Å²) in [6, 6.07) is 12.3. The van der Waals surface area contributed by atoms with Crippen molar-refractivity contribution in [3.05, 3.63) is 103 Å². The molecule has 11 heteroatoms. The third-order valence-electron chi connectivity index (χ3n) is 5.35. The summed E-state index contributed by atoms with van der Waals surface area (Å²) in [7, 11) is 0. The van der Waals surface area contributed by atoms with E-state index in [0.29, 0.717) is 45.8 Å². The number of anilines is 1. The summed E-state index contributed by atoms with van der Waals surface area (Å²) in [5.41, 5.74) is 3.48. The van der Waals surface area contributed by atoms with E-state index in [9.17, 15) is 14.9 Å². The molecule has 34 heavy (non-hydrogen) atoms. The molecule has 0 radical (unpaired) electrons. The Hall–Kier alpha value is -3.69. The molecule has 0 bridgehead atoms. The smallest absolute Gasteiger partial charge is 0.312 e. The fraction of sp³-hybridized carbons (Fsp3) is 0.174. The van der Waals surface area contributed by atoms with Gasteiger partial charge in [0.15, 0.2) is 0 Å². The Labute approximate surface area is 205 Å². The Bertz CT molecular complexity index is 1360. The number of nitrogens with zero attached hydrogens (tertiary/aromatic N) is 5. The van der Waals surface area contributed by atoms with Gasteiger partial charge in [-0.2, -0.15) is 10.2 Å². The summed E-state index contributed by atoms with van der Waals surface area (Å²) < 4.78 is 3.22. The van der Waals surface area contributed by atoms with E-state index >= 15 is 0 Å². The van der Waals surface area contributed by atoms with Crippen LogP contribution in [-0.2, 0) is 13.1 Å². The third kappa shape index (κ3) is 4.95. The third-order valence-corrected chi connectivity index (χ3v) is 6.06. The van der Waals surface area contributed by atoms with Crippen LogP contribution in [0, 0.1) is 24.0 Å². The van der Waals surface area contributed by atoms with E-state index in [1.165, 1.54) is 0 Å². The van der Waals surface area contributed by atoms with Crippen LogP contribution >= 0.6 is 23.2 Å². The normalized spacial score (nSPS) is 10.9. The Balaban J connectivity index is 1.41. The first-order valence-corrected chi connectivity index (χ1v) is 11.0. The van der Waals surface area contributed by atoms with Crippen LogP contribution in [0.4, 0.5) is 11.4 Å². The number of benzene rings is 2. The summed E-state index contributed by atoms with van der Waals surface area (Å²) in [4.78, 5) is 23.4. The van der Waals surface area contributed by atoms with Gasteiger partial charge in [-0.05, 0) is 43.7 Å². The molecular weight excluding hydrogens is 479 g/mol. The van der Waals surface area contributed by atoms with Crippen molar-refractivity contribution in [3.8, 4) is 0 Å². The zero-order valence-corrected chi connectivity index (χ0v) is 19.8. The van der Waals surface area contributed by atoms with Crippen LogP contribution in [-0.4, -0.2) is 30.4 Å². The van der Waals surface area contributed by atoms with E-state index < -0.39 is 4.92 Å². The number of aromatic nitrogens is 4. The standard InChI is InChI=1S/C23H20Cl2N6O3/c1-14-22(31(33)34)15(2)30(28-14)11-16-6-8-17(9-7-16)23(32)27-18-10-26-29(12-18)13-19-20(24)4-3-5-21(19)25/h3-10,12H,11,13H2,1-2H3,(H,27,32). The second-order valence-electron chi connectivity index (χ2n) is 7.71. The minimum Gasteiger partial charge on any atom is -0.319 e. The molecule has 0 aliphatic rings. The first kappa shape index (κ1) is 23.5. The van der Waals surface area contributed by atoms with Crippen LogP contribution in [0.3, 0.4) is 0 Å². The number of carbonyl (C=O) groups excluding carboxylic acids is 1. The van der Waals surface area contributed by atoms with Crippen LogP contribution in [0.5, 0.6) is 0 Å². The van der Waals surface area contributed by atoms with Crippen molar-refractivity contribution in [3.63, 3.8) is 0 Å². The highest BCUT2D eigenvalue weighted by molar-refractivity contribution is 6.35. The van der Waals surface area contributed by atoms with Crippen LogP contribution in [0.1, 0.15) is 32.9 Å². The molecule has 0 unspecified atom stereocenters. The van der Waals surface area contributed by atoms with Crippen molar-refractivity contribution in [2.24, 2.45) is 0 Å². The zero-order chi connectivity index (χ0) is 24.4. The highest BCUT2D eigenvalue weighted by atomic mass is 35.5. The monoisotopic (exact) mass is 498 g/mol. The summed E-state index contributed by atoms with van der Waals surface area (Å²) in [6.07, 6.45) is 3.24. The second kappa shape index (κ2) is 9.66. The molecule has 174 valence electrons. The van der Waals surface area contributed by atoms with Gasteiger partial charge in [0.25, 0.3) is 5.91 Å². The van der Waals surface area contributed by atoms with Gasteiger partial charge in [-0.25, -0.2) is 0 Å². The van der Waals surface area contributed by atoms with Crippen molar-refractivity contribution < 1.29 is 9.72 Å². The van der Waals surface area contributed by atoms with E-state index in [1.807, 2.05) is 0 Å². The molecule has 4 rings (SSSR count). The maximum Gasteiger partial charge on any atom is 0.312 e. The molecule has 0 saturated heterocycles. The fourth-order valence-corrected chi connectivity index (χ4v) is 4.12. The molecule has 9 nitrogen and oxygen atoms in total. The first-order chi connectivity index (χ1) is 16.2. The second-order valence-corrected chi connectivity index (χ2v) is 8.53. The van der Waals surface area contributed by atoms with E-state index in [2.05, 4.69) is 15.5 Å². The maximum atomic E-state index is 12.7. The van der Waals surface area contributed by atoms with Crippen LogP contribution in [0.15, 0.2) is 54.9 Å². The Morgan fingerprint density at radius 2 is 1.76 bits per heavy atom. The molecule has 0 fully saturated rings. The number of halogens is 2. The van der Waals surface area contributed by atoms with E-state index in [4.69, 9.17) is 23.2 Å². The minimum absolute atomic E-state index is 0.0216. The maximum absolute atomic E-state index is 12.7. The average Bonchev–Trinajstić information content (AvgIpc) is 3.34. The summed E-state index contributed by atoms with van der Waals surface area (Å²) >= 11 is 12.4. The molecule has 4 aromatic rings. The van der Waals surface area contributed by atoms with Crippen LogP contribution < -0.4 is 5.32 Å². The molecule has 0 aliphatic heterocycles. The molecule has 0 spiro atoms. The molecule has 0 aliphatic carbocycles. The lowest BCUT2D eigenvalue weighted by Crippen LogP contribution is -2.12.